The summed E-state index contributed by atoms with van der Waals surface area (Å²) in [6.45, 7) is 3.20. The molecule has 2 aliphatic rings. The molecular formula is C24H28FN3O2. The standard InChI is InChI=1S/C24H28FN3O2/c1-16-7-10-21(25)22(12-16)28-11-3-6-20(15-28)27-23(29)14-26-24(30)19-9-8-17-4-2-5-18(17)13-19/h7-10,12-13,20H,2-6,11,14-15H2,1H3,(H,26,30)(H,27,29). The second-order valence-corrected chi connectivity index (χ2v) is 8.33. The van der Waals surface area contributed by atoms with Crippen molar-refractivity contribution in [2.75, 3.05) is 24.5 Å². The molecule has 1 aliphatic heterocycles. The Labute approximate surface area is 176 Å². The molecule has 5 nitrogen and oxygen atoms in total. The monoisotopic (exact) mass is 409 g/mol. The van der Waals surface area contributed by atoms with E-state index < -0.39 is 0 Å². The van der Waals surface area contributed by atoms with E-state index in [0.29, 0.717) is 17.8 Å². The molecule has 2 amide bonds. The Morgan fingerprint density at radius 2 is 1.93 bits per heavy atom. The molecule has 0 radical (unpaired) electrons. The smallest absolute Gasteiger partial charge is 0.251 e. The number of anilines is 1. The third-order valence-electron chi connectivity index (χ3n) is 6.00. The van der Waals surface area contributed by atoms with E-state index in [9.17, 15) is 14.0 Å². The van der Waals surface area contributed by atoms with Gasteiger partial charge in [-0.2, -0.15) is 0 Å². The molecule has 30 heavy (non-hydrogen) atoms. The summed E-state index contributed by atoms with van der Waals surface area (Å²) in [4.78, 5) is 26.8. The molecule has 0 spiro atoms. The summed E-state index contributed by atoms with van der Waals surface area (Å²) in [6.07, 6.45) is 4.93. The van der Waals surface area contributed by atoms with Crippen LogP contribution >= 0.6 is 0 Å². The van der Waals surface area contributed by atoms with E-state index in [1.807, 2.05) is 36.1 Å². The van der Waals surface area contributed by atoms with Gasteiger partial charge in [0.2, 0.25) is 5.91 Å². The lowest BCUT2D eigenvalue weighted by molar-refractivity contribution is -0.120. The van der Waals surface area contributed by atoms with Crippen LogP contribution in [0.15, 0.2) is 36.4 Å². The highest BCUT2D eigenvalue weighted by molar-refractivity contribution is 5.96. The maximum atomic E-state index is 14.2. The van der Waals surface area contributed by atoms with Crippen LogP contribution in [0.1, 0.15) is 46.3 Å². The van der Waals surface area contributed by atoms with Crippen LogP contribution in [-0.2, 0) is 17.6 Å². The van der Waals surface area contributed by atoms with E-state index in [1.54, 1.807) is 6.07 Å². The molecule has 1 fully saturated rings. The van der Waals surface area contributed by atoms with Gasteiger partial charge in [0.15, 0.2) is 0 Å². The van der Waals surface area contributed by atoms with Crippen LogP contribution in [0.4, 0.5) is 10.1 Å². The zero-order valence-electron chi connectivity index (χ0n) is 17.3. The predicted molar refractivity (Wildman–Crippen MR) is 115 cm³/mol. The minimum absolute atomic E-state index is 0.0643. The minimum atomic E-state index is -0.241. The summed E-state index contributed by atoms with van der Waals surface area (Å²) in [7, 11) is 0. The van der Waals surface area contributed by atoms with Crippen molar-refractivity contribution < 1.29 is 14.0 Å². The summed E-state index contributed by atoms with van der Waals surface area (Å²) in [5, 5.41) is 5.70. The molecule has 0 saturated carbocycles. The Morgan fingerprint density at radius 1 is 1.10 bits per heavy atom. The van der Waals surface area contributed by atoms with Crippen LogP contribution in [0.25, 0.3) is 0 Å². The van der Waals surface area contributed by atoms with Crippen LogP contribution in [0.5, 0.6) is 0 Å². The number of aryl methyl sites for hydroxylation is 3. The van der Waals surface area contributed by atoms with Crippen LogP contribution in [-0.4, -0.2) is 37.5 Å². The highest BCUT2D eigenvalue weighted by atomic mass is 19.1. The highest BCUT2D eigenvalue weighted by Crippen LogP contribution is 2.25. The topological polar surface area (TPSA) is 61.4 Å². The summed E-state index contributed by atoms with van der Waals surface area (Å²) >= 11 is 0. The highest BCUT2D eigenvalue weighted by Gasteiger charge is 2.23. The molecule has 6 heteroatoms. The molecule has 0 aromatic heterocycles. The van der Waals surface area contributed by atoms with Crippen molar-refractivity contribution in [3.05, 3.63) is 64.5 Å². The van der Waals surface area contributed by atoms with Crippen molar-refractivity contribution in [3.8, 4) is 0 Å². The van der Waals surface area contributed by atoms with E-state index in [-0.39, 0.29) is 30.2 Å². The SMILES string of the molecule is Cc1ccc(F)c(N2CCCC(NC(=O)CNC(=O)c3ccc4c(c3)CCC4)C2)c1. The summed E-state index contributed by atoms with van der Waals surface area (Å²) < 4.78 is 14.2. The number of rotatable bonds is 5. The molecular weight excluding hydrogens is 381 g/mol. The van der Waals surface area contributed by atoms with E-state index >= 15 is 0 Å². The fourth-order valence-electron chi connectivity index (χ4n) is 4.43. The zero-order valence-corrected chi connectivity index (χ0v) is 17.3. The molecule has 2 N–H and O–H groups in total. The molecule has 2 aromatic carbocycles. The molecule has 1 atom stereocenters. The number of carbonyl (C=O) groups excluding carboxylic acids is 2. The molecule has 0 bridgehead atoms. The number of nitrogens with zero attached hydrogens (tertiary/aromatic N) is 1. The van der Waals surface area contributed by atoms with E-state index in [2.05, 4.69) is 10.6 Å². The average molecular weight is 410 g/mol. The van der Waals surface area contributed by atoms with Crippen LogP contribution in [0.2, 0.25) is 0 Å². The predicted octanol–water partition coefficient (Wildman–Crippen LogP) is 3.14. The fourth-order valence-corrected chi connectivity index (χ4v) is 4.43. The van der Waals surface area contributed by atoms with Gasteiger partial charge in [0, 0.05) is 24.7 Å². The van der Waals surface area contributed by atoms with Gasteiger partial charge < -0.3 is 15.5 Å². The Morgan fingerprint density at radius 3 is 2.80 bits per heavy atom. The van der Waals surface area contributed by atoms with Gasteiger partial charge in [-0.1, -0.05) is 12.1 Å². The maximum absolute atomic E-state index is 14.2. The number of halogens is 1. The summed E-state index contributed by atoms with van der Waals surface area (Å²) in [5.74, 6) is -0.692. The summed E-state index contributed by atoms with van der Waals surface area (Å²) in [5.41, 5.74) is 4.74. The molecule has 1 aliphatic carbocycles. The number of benzene rings is 2. The first-order valence-electron chi connectivity index (χ1n) is 10.7. The van der Waals surface area contributed by atoms with Gasteiger partial charge in [-0.3, -0.25) is 9.59 Å². The van der Waals surface area contributed by atoms with Gasteiger partial charge in [0.25, 0.3) is 5.91 Å². The van der Waals surface area contributed by atoms with Gasteiger partial charge in [-0.05, 0) is 80.0 Å². The van der Waals surface area contributed by atoms with Crippen molar-refractivity contribution in [2.45, 2.75) is 45.1 Å². The molecule has 1 unspecified atom stereocenters. The Hall–Kier alpha value is -2.89. The molecule has 1 heterocycles. The van der Waals surface area contributed by atoms with Crippen molar-refractivity contribution >= 4 is 17.5 Å². The molecule has 158 valence electrons. The van der Waals surface area contributed by atoms with E-state index in [4.69, 9.17) is 0 Å². The molecule has 2 aromatic rings. The lowest BCUT2D eigenvalue weighted by Crippen LogP contribution is -2.50. The van der Waals surface area contributed by atoms with Crippen LogP contribution in [0.3, 0.4) is 0 Å². The largest absolute Gasteiger partial charge is 0.367 e. The normalized spacial score (nSPS) is 18.1. The van der Waals surface area contributed by atoms with Crippen LogP contribution < -0.4 is 15.5 Å². The third-order valence-corrected chi connectivity index (χ3v) is 6.00. The Kier molecular flexibility index (Phi) is 6.02. The Balaban J connectivity index is 1.29. The lowest BCUT2D eigenvalue weighted by Gasteiger charge is -2.35. The first-order valence-corrected chi connectivity index (χ1v) is 10.7. The van der Waals surface area contributed by atoms with Crippen molar-refractivity contribution in [3.63, 3.8) is 0 Å². The number of amides is 2. The number of fused-ring (bicyclic) bond motifs is 1. The second-order valence-electron chi connectivity index (χ2n) is 8.33. The van der Waals surface area contributed by atoms with Crippen molar-refractivity contribution in [1.82, 2.24) is 10.6 Å². The molecule has 1 saturated heterocycles. The second kappa shape index (κ2) is 8.86. The van der Waals surface area contributed by atoms with Gasteiger partial charge in [0.1, 0.15) is 5.82 Å². The lowest BCUT2D eigenvalue weighted by atomic mass is 10.0. The van der Waals surface area contributed by atoms with Gasteiger partial charge in [-0.25, -0.2) is 4.39 Å². The Bertz CT molecular complexity index is 959. The van der Waals surface area contributed by atoms with E-state index in [1.165, 1.54) is 17.2 Å². The number of carbonyl (C=O) groups is 2. The third kappa shape index (κ3) is 4.64. The van der Waals surface area contributed by atoms with Gasteiger partial charge in [0.05, 0.1) is 12.2 Å². The fraction of sp³-hybridized carbons (Fsp3) is 0.417. The first-order chi connectivity index (χ1) is 14.5. The van der Waals surface area contributed by atoms with E-state index in [0.717, 1.165) is 44.2 Å². The first kappa shape index (κ1) is 20.4. The summed E-state index contributed by atoms with van der Waals surface area (Å²) in [6, 6.07) is 10.8. The quantitative estimate of drug-likeness (QED) is 0.798. The number of nitrogens with one attached hydrogen (secondary N) is 2. The van der Waals surface area contributed by atoms with Gasteiger partial charge in [-0.15, -0.1) is 0 Å². The maximum Gasteiger partial charge on any atom is 0.251 e. The van der Waals surface area contributed by atoms with Crippen molar-refractivity contribution in [1.29, 1.82) is 0 Å². The number of piperidine rings is 1. The van der Waals surface area contributed by atoms with Crippen molar-refractivity contribution in [2.24, 2.45) is 0 Å². The number of hydrogen-bond donors (Lipinski definition) is 2. The van der Waals surface area contributed by atoms with Crippen LogP contribution in [0, 0.1) is 12.7 Å². The average Bonchev–Trinajstić information content (AvgIpc) is 3.22. The van der Waals surface area contributed by atoms with Gasteiger partial charge >= 0.3 is 0 Å². The number of hydrogen-bond acceptors (Lipinski definition) is 3. The minimum Gasteiger partial charge on any atom is -0.367 e. The molecule has 4 rings (SSSR count). The zero-order chi connectivity index (χ0) is 21.1.